The maximum Gasteiger partial charge on any atom is 0.270 e. The van der Waals surface area contributed by atoms with E-state index in [1.165, 1.54) is 6.33 Å². The van der Waals surface area contributed by atoms with E-state index >= 15 is 0 Å². The molecular weight excluding hydrogens is 402 g/mol. The number of aromatic nitrogens is 2. The van der Waals surface area contributed by atoms with Crippen molar-refractivity contribution in [1.29, 1.82) is 0 Å². The Hall–Kier alpha value is -4.65. The molecule has 0 saturated carbocycles. The van der Waals surface area contributed by atoms with Gasteiger partial charge in [0.05, 0.1) is 0 Å². The first kappa shape index (κ1) is 19.3. The van der Waals surface area contributed by atoms with Gasteiger partial charge in [0, 0.05) is 10.9 Å². The molecule has 1 amide bonds. The number of ether oxygens (including phenoxy) is 1. The molecule has 7 nitrogen and oxygen atoms in total. The lowest BCUT2D eigenvalue weighted by Gasteiger charge is -2.14. The van der Waals surface area contributed by atoms with Crippen molar-refractivity contribution in [2.75, 3.05) is 11.2 Å². The van der Waals surface area contributed by atoms with Gasteiger partial charge in [-0.1, -0.05) is 72.8 Å². The molecule has 0 aliphatic rings. The number of nitrogens with two attached hydrogens (primary N) is 1. The van der Waals surface area contributed by atoms with E-state index in [1.807, 2.05) is 78.9 Å². The maximum atomic E-state index is 12.8. The van der Waals surface area contributed by atoms with E-state index in [0.717, 1.165) is 21.5 Å². The van der Waals surface area contributed by atoms with Gasteiger partial charge in [-0.25, -0.2) is 4.98 Å². The van der Waals surface area contributed by atoms with Crippen LogP contribution in [0.1, 0.15) is 10.4 Å². The minimum Gasteiger partial charge on any atom is -0.436 e. The van der Waals surface area contributed by atoms with Crippen LogP contribution in [0, 0.1) is 0 Å². The van der Waals surface area contributed by atoms with Crippen LogP contribution in [-0.4, -0.2) is 15.9 Å². The Morgan fingerprint density at radius 3 is 2.25 bits per heavy atom. The Morgan fingerprint density at radius 1 is 0.781 bits per heavy atom. The molecule has 4 aromatic carbocycles. The van der Waals surface area contributed by atoms with Crippen molar-refractivity contribution in [3.63, 3.8) is 0 Å². The predicted octanol–water partition coefficient (Wildman–Crippen LogP) is 4.91. The number of hydrogen-bond acceptors (Lipinski definition) is 6. The molecule has 0 bridgehead atoms. The van der Waals surface area contributed by atoms with Crippen LogP contribution in [0.25, 0.3) is 21.5 Å². The quantitative estimate of drug-likeness (QED) is 0.348. The minimum absolute atomic E-state index is 0.179. The van der Waals surface area contributed by atoms with Gasteiger partial charge in [0.25, 0.3) is 5.91 Å². The number of nitrogens with zero attached hydrogens (tertiary/aromatic N) is 2. The fourth-order valence-electron chi connectivity index (χ4n) is 3.56. The number of amides is 1. The van der Waals surface area contributed by atoms with Gasteiger partial charge in [0.2, 0.25) is 5.88 Å². The summed E-state index contributed by atoms with van der Waals surface area (Å²) < 4.78 is 5.98. The van der Waals surface area contributed by atoms with Crippen LogP contribution in [0.15, 0.2) is 91.3 Å². The molecule has 1 aromatic heterocycles. The van der Waals surface area contributed by atoms with E-state index in [0.29, 0.717) is 11.3 Å². The Kier molecular flexibility index (Phi) is 4.97. The average molecular weight is 421 g/mol. The van der Waals surface area contributed by atoms with Gasteiger partial charge >= 0.3 is 0 Å². The number of hydrazine groups is 1. The van der Waals surface area contributed by atoms with E-state index in [1.54, 1.807) is 6.07 Å². The lowest BCUT2D eigenvalue weighted by Crippen LogP contribution is -2.30. The summed E-state index contributed by atoms with van der Waals surface area (Å²) in [5.74, 6) is 0.748. The fourth-order valence-corrected chi connectivity index (χ4v) is 3.56. The third-order valence-electron chi connectivity index (χ3n) is 5.13. The molecule has 32 heavy (non-hydrogen) atoms. The van der Waals surface area contributed by atoms with E-state index in [9.17, 15) is 4.79 Å². The van der Waals surface area contributed by atoms with Gasteiger partial charge in [0.15, 0.2) is 5.82 Å². The number of carbonyl (C=O) groups is 1. The van der Waals surface area contributed by atoms with E-state index in [2.05, 4.69) is 20.8 Å². The molecule has 5 aromatic rings. The van der Waals surface area contributed by atoms with Gasteiger partial charge in [-0.05, 0) is 28.3 Å². The van der Waals surface area contributed by atoms with Crippen molar-refractivity contribution >= 4 is 39.0 Å². The van der Waals surface area contributed by atoms with Gasteiger partial charge in [0.1, 0.15) is 17.8 Å². The predicted molar refractivity (Wildman–Crippen MR) is 126 cm³/mol. The topological polar surface area (TPSA) is 102 Å². The van der Waals surface area contributed by atoms with Crippen molar-refractivity contribution in [3.05, 3.63) is 96.8 Å². The Labute approximate surface area is 183 Å². The van der Waals surface area contributed by atoms with Crippen LogP contribution in [0.3, 0.4) is 0 Å². The van der Waals surface area contributed by atoms with Gasteiger partial charge < -0.3 is 10.5 Å². The molecule has 156 valence electrons. The van der Waals surface area contributed by atoms with Crippen LogP contribution < -0.4 is 21.3 Å². The zero-order valence-corrected chi connectivity index (χ0v) is 16.9. The molecule has 0 saturated heterocycles. The molecule has 0 radical (unpaired) electrons. The number of benzene rings is 4. The van der Waals surface area contributed by atoms with Crippen LogP contribution in [0.5, 0.6) is 11.6 Å². The average Bonchev–Trinajstić information content (AvgIpc) is 2.84. The highest BCUT2D eigenvalue weighted by Crippen LogP contribution is 2.33. The van der Waals surface area contributed by atoms with Crippen LogP contribution in [-0.2, 0) is 0 Å². The summed E-state index contributed by atoms with van der Waals surface area (Å²) in [6.45, 7) is 0. The first-order valence-corrected chi connectivity index (χ1v) is 10.0. The number of nitrogens with one attached hydrogen (secondary N) is 2. The number of anilines is 2. The molecule has 0 aliphatic carbocycles. The second-order valence-corrected chi connectivity index (χ2v) is 7.13. The normalized spacial score (nSPS) is 10.8. The molecule has 4 N–H and O–H groups in total. The van der Waals surface area contributed by atoms with Crippen molar-refractivity contribution in [1.82, 2.24) is 15.4 Å². The molecule has 0 aliphatic heterocycles. The monoisotopic (exact) mass is 421 g/mol. The lowest BCUT2D eigenvalue weighted by atomic mass is 10.0. The van der Waals surface area contributed by atoms with Gasteiger partial charge in [-0.3, -0.25) is 15.6 Å². The number of rotatable bonds is 5. The summed E-state index contributed by atoms with van der Waals surface area (Å²) in [6.07, 6.45) is 1.32. The lowest BCUT2D eigenvalue weighted by molar-refractivity contribution is 0.0964. The molecule has 5 rings (SSSR count). The second-order valence-electron chi connectivity index (χ2n) is 7.13. The second kappa shape index (κ2) is 8.23. The third-order valence-corrected chi connectivity index (χ3v) is 5.13. The largest absolute Gasteiger partial charge is 0.436 e. The zero-order chi connectivity index (χ0) is 21.9. The first-order valence-electron chi connectivity index (χ1n) is 10.0. The molecule has 0 atom stereocenters. The highest BCUT2D eigenvalue weighted by Gasteiger charge is 2.14. The van der Waals surface area contributed by atoms with Crippen molar-refractivity contribution in [2.45, 2.75) is 0 Å². The van der Waals surface area contributed by atoms with Crippen LogP contribution >= 0.6 is 0 Å². The van der Waals surface area contributed by atoms with Crippen LogP contribution in [0.4, 0.5) is 11.5 Å². The number of carbonyl (C=O) groups excluding carboxylic acids is 1. The third kappa shape index (κ3) is 3.63. The highest BCUT2D eigenvalue weighted by atomic mass is 16.5. The molecule has 1 heterocycles. The number of nitrogen functional groups attached to an aromatic ring is 1. The smallest absolute Gasteiger partial charge is 0.270 e. The number of hydrogen-bond donors (Lipinski definition) is 3. The first-order chi connectivity index (χ1) is 15.7. The van der Waals surface area contributed by atoms with Gasteiger partial charge in [-0.15, -0.1) is 0 Å². The molecule has 0 fully saturated rings. The van der Waals surface area contributed by atoms with Crippen LogP contribution in [0.2, 0.25) is 0 Å². The molecule has 7 heteroatoms. The standard InChI is InChI=1S/C25H19N5O2/c26-22-23(29-30-24(31)20-13-5-9-16-7-1-3-11-18(16)20)27-15-28-25(22)32-21-14-6-10-17-8-2-4-12-19(17)21/h1-15H,26H2,(H,30,31)(H,27,28,29). The van der Waals surface area contributed by atoms with Gasteiger partial charge in [-0.2, -0.15) is 4.98 Å². The maximum absolute atomic E-state index is 12.8. The van der Waals surface area contributed by atoms with E-state index in [-0.39, 0.29) is 23.3 Å². The Morgan fingerprint density at radius 2 is 1.44 bits per heavy atom. The van der Waals surface area contributed by atoms with E-state index < -0.39 is 0 Å². The Bertz CT molecular complexity index is 1440. The number of fused-ring (bicyclic) bond motifs is 2. The zero-order valence-electron chi connectivity index (χ0n) is 16.9. The summed E-state index contributed by atoms with van der Waals surface area (Å²) in [7, 11) is 0. The van der Waals surface area contributed by atoms with Crippen molar-refractivity contribution in [2.24, 2.45) is 0 Å². The molecular formula is C25H19N5O2. The van der Waals surface area contributed by atoms with E-state index in [4.69, 9.17) is 10.5 Å². The summed E-state index contributed by atoms with van der Waals surface area (Å²) in [5, 5.41) is 3.81. The summed E-state index contributed by atoms with van der Waals surface area (Å²) in [4.78, 5) is 21.1. The summed E-state index contributed by atoms with van der Waals surface area (Å²) in [5.41, 5.74) is 12.4. The minimum atomic E-state index is -0.309. The highest BCUT2D eigenvalue weighted by molar-refractivity contribution is 6.07. The summed E-state index contributed by atoms with van der Waals surface area (Å²) in [6, 6.07) is 26.9. The molecule has 0 spiro atoms. The Balaban J connectivity index is 1.37. The van der Waals surface area contributed by atoms with Crippen molar-refractivity contribution in [3.8, 4) is 11.6 Å². The SMILES string of the molecule is Nc1c(NNC(=O)c2cccc3ccccc23)ncnc1Oc1cccc2ccccc12. The summed E-state index contributed by atoms with van der Waals surface area (Å²) >= 11 is 0. The molecule has 0 unspecified atom stereocenters. The fraction of sp³-hybridized carbons (Fsp3) is 0. The van der Waals surface area contributed by atoms with Crippen molar-refractivity contribution < 1.29 is 9.53 Å².